The topological polar surface area (TPSA) is 67.8 Å². The number of oxime groups is 1. The summed E-state index contributed by atoms with van der Waals surface area (Å²) in [5, 5.41) is 11.5. The molecule has 0 aliphatic heterocycles. The van der Waals surface area contributed by atoms with E-state index in [1.165, 1.54) is 37.5 Å². The summed E-state index contributed by atoms with van der Waals surface area (Å²) in [5.74, 6) is -0.162. The molecule has 0 radical (unpaired) electrons. The van der Waals surface area contributed by atoms with E-state index in [0.717, 1.165) is 12.8 Å². The summed E-state index contributed by atoms with van der Waals surface area (Å²) >= 11 is 0. The van der Waals surface area contributed by atoms with Crippen molar-refractivity contribution in [1.82, 2.24) is 0 Å². The molecule has 0 saturated carbocycles. The number of benzene rings is 1. The Morgan fingerprint density at radius 1 is 1.32 bits per heavy atom. The van der Waals surface area contributed by atoms with Crippen molar-refractivity contribution in [3.05, 3.63) is 29.6 Å². The van der Waals surface area contributed by atoms with Gasteiger partial charge in [0.25, 0.3) is 0 Å². The zero-order valence-electron chi connectivity index (χ0n) is 11.2. The number of amidine groups is 1. The van der Waals surface area contributed by atoms with Gasteiger partial charge < -0.3 is 15.7 Å². The molecule has 0 spiro atoms. The van der Waals surface area contributed by atoms with Gasteiger partial charge in [-0.3, -0.25) is 0 Å². The molecule has 19 heavy (non-hydrogen) atoms. The molecule has 0 aromatic heterocycles. The summed E-state index contributed by atoms with van der Waals surface area (Å²) in [5.41, 5.74) is 5.76. The van der Waals surface area contributed by atoms with Gasteiger partial charge in [-0.1, -0.05) is 37.8 Å². The third-order valence-electron chi connectivity index (χ3n) is 2.83. The van der Waals surface area contributed by atoms with Gasteiger partial charge in [0.15, 0.2) is 5.84 Å². The summed E-state index contributed by atoms with van der Waals surface area (Å²) in [6.07, 6.45) is 5.66. The Hall–Kier alpha value is -1.78. The van der Waals surface area contributed by atoms with Crippen LogP contribution < -0.4 is 10.5 Å². The standard InChI is InChI=1S/C14H21FN2O2/c1-2-3-4-5-6-9-19-13-8-7-11(15)10-12(13)14(16)17-18/h7-8,10,18H,2-6,9H2,1H3,(H2,16,17). The summed E-state index contributed by atoms with van der Waals surface area (Å²) in [7, 11) is 0. The lowest BCUT2D eigenvalue weighted by molar-refractivity contribution is 0.301. The smallest absolute Gasteiger partial charge is 0.173 e. The quantitative estimate of drug-likeness (QED) is 0.250. The lowest BCUT2D eigenvalue weighted by atomic mass is 10.1. The third kappa shape index (κ3) is 5.16. The van der Waals surface area contributed by atoms with E-state index < -0.39 is 5.82 Å². The van der Waals surface area contributed by atoms with Crippen LogP contribution in [0, 0.1) is 5.82 Å². The van der Waals surface area contributed by atoms with Crippen LogP contribution in [0.3, 0.4) is 0 Å². The predicted molar refractivity (Wildman–Crippen MR) is 73.2 cm³/mol. The van der Waals surface area contributed by atoms with Crippen molar-refractivity contribution in [2.75, 3.05) is 6.61 Å². The largest absolute Gasteiger partial charge is 0.493 e. The maximum absolute atomic E-state index is 13.1. The van der Waals surface area contributed by atoms with Gasteiger partial charge in [-0.25, -0.2) is 4.39 Å². The van der Waals surface area contributed by atoms with Gasteiger partial charge in [0.1, 0.15) is 11.6 Å². The van der Waals surface area contributed by atoms with Gasteiger partial charge in [-0.15, -0.1) is 0 Å². The molecule has 1 aromatic carbocycles. The average Bonchev–Trinajstić information content (AvgIpc) is 2.43. The van der Waals surface area contributed by atoms with E-state index in [1.807, 2.05) is 0 Å². The van der Waals surface area contributed by atoms with Gasteiger partial charge in [0.05, 0.1) is 12.2 Å². The van der Waals surface area contributed by atoms with Crippen LogP contribution in [0.25, 0.3) is 0 Å². The van der Waals surface area contributed by atoms with Crippen LogP contribution in [0.5, 0.6) is 5.75 Å². The molecule has 3 N–H and O–H groups in total. The van der Waals surface area contributed by atoms with Crippen molar-refractivity contribution < 1.29 is 14.3 Å². The fourth-order valence-electron chi connectivity index (χ4n) is 1.77. The van der Waals surface area contributed by atoms with Crippen LogP contribution in [0.15, 0.2) is 23.4 Å². The first-order valence-corrected chi connectivity index (χ1v) is 6.59. The Morgan fingerprint density at radius 2 is 2.05 bits per heavy atom. The van der Waals surface area contributed by atoms with E-state index in [4.69, 9.17) is 15.7 Å². The van der Waals surface area contributed by atoms with Gasteiger partial charge in [-0.05, 0) is 24.6 Å². The predicted octanol–water partition coefficient (Wildman–Crippen LogP) is 3.27. The van der Waals surface area contributed by atoms with Gasteiger partial charge >= 0.3 is 0 Å². The number of unbranched alkanes of at least 4 members (excludes halogenated alkanes) is 4. The highest BCUT2D eigenvalue weighted by molar-refractivity contribution is 5.99. The lowest BCUT2D eigenvalue weighted by Crippen LogP contribution is -2.15. The number of rotatable bonds is 8. The van der Waals surface area contributed by atoms with E-state index in [-0.39, 0.29) is 11.4 Å². The van der Waals surface area contributed by atoms with Crippen molar-refractivity contribution in [2.45, 2.75) is 39.0 Å². The summed E-state index contributed by atoms with van der Waals surface area (Å²) in [6.45, 7) is 2.71. The highest BCUT2D eigenvalue weighted by Crippen LogP contribution is 2.20. The Kier molecular flexibility index (Phi) is 6.71. The number of nitrogens with zero attached hydrogens (tertiary/aromatic N) is 1. The van der Waals surface area contributed by atoms with Crippen molar-refractivity contribution in [2.24, 2.45) is 10.9 Å². The summed E-state index contributed by atoms with van der Waals surface area (Å²) in [4.78, 5) is 0. The van der Waals surface area contributed by atoms with E-state index in [1.54, 1.807) is 0 Å². The first kappa shape index (κ1) is 15.3. The average molecular weight is 268 g/mol. The van der Waals surface area contributed by atoms with Crippen molar-refractivity contribution in [3.8, 4) is 5.75 Å². The number of halogens is 1. The molecular weight excluding hydrogens is 247 g/mol. The van der Waals surface area contributed by atoms with Crippen LogP contribution in [0.4, 0.5) is 4.39 Å². The minimum absolute atomic E-state index is 0.152. The van der Waals surface area contributed by atoms with Gasteiger partial charge in [-0.2, -0.15) is 0 Å². The van der Waals surface area contributed by atoms with Gasteiger partial charge in [0.2, 0.25) is 0 Å². The van der Waals surface area contributed by atoms with Crippen LogP contribution >= 0.6 is 0 Å². The molecule has 0 atom stereocenters. The van der Waals surface area contributed by atoms with Crippen LogP contribution in [-0.4, -0.2) is 17.6 Å². The van der Waals surface area contributed by atoms with E-state index >= 15 is 0 Å². The molecule has 0 bridgehead atoms. The monoisotopic (exact) mass is 268 g/mol. The second kappa shape index (κ2) is 8.34. The molecule has 5 heteroatoms. The molecule has 0 fully saturated rings. The Labute approximate surface area is 113 Å². The zero-order chi connectivity index (χ0) is 14.1. The minimum atomic E-state index is -0.447. The second-order valence-corrected chi connectivity index (χ2v) is 4.39. The fourth-order valence-corrected chi connectivity index (χ4v) is 1.77. The highest BCUT2D eigenvalue weighted by Gasteiger charge is 2.09. The first-order valence-electron chi connectivity index (χ1n) is 6.59. The molecule has 4 nitrogen and oxygen atoms in total. The van der Waals surface area contributed by atoms with Crippen molar-refractivity contribution in [3.63, 3.8) is 0 Å². The fraction of sp³-hybridized carbons (Fsp3) is 0.500. The van der Waals surface area contributed by atoms with Crippen molar-refractivity contribution >= 4 is 5.84 Å². The molecule has 0 saturated heterocycles. The van der Waals surface area contributed by atoms with E-state index in [0.29, 0.717) is 12.4 Å². The molecule has 1 aromatic rings. The number of hydrogen-bond donors (Lipinski definition) is 2. The molecule has 0 heterocycles. The van der Waals surface area contributed by atoms with Gasteiger partial charge in [0, 0.05) is 0 Å². The molecule has 106 valence electrons. The normalized spacial score (nSPS) is 11.6. The SMILES string of the molecule is CCCCCCCOc1ccc(F)cc1C(N)=NO. The molecule has 0 amide bonds. The van der Waals surface area contributed by atoms with Crippen LogP contribution in [-0.2, 0) is 0 Å². The maximum atomic E-state index is 13.1. The Balaban J connectivity index is 2.53. The van der Waals surface area contributed by atoms with Crippen LogP contribution in [0.2, 0.25) is 0 Å². The summed E-state index contributed by atoms with van der Waals surface area (Å²) in [6, 6.07) is 3.98. The second-order valence-electron chi connectivity index (χ2n) is 4.39. The molecular formula is C14H21FN2O2. The number of hydrogen-bond acceptors (Lipinski definition) is 3. The number of nitrogens with two attached hydrogens (primary N) is 1. The molecule has 0 aliphatic rings. The Bertz CT molecular complexity index is 422. The van der Waals surface area contributed by atoms with E-state index in [9.17, 15) is 4.39 Å². The lowest BCUT2D eigenvalue weighted by Gasteiger charge is -2.10. The molecule has 0 aliphatic carbocycles. The van der Waals surface area contributed by atoms with Crippen molar-refractivity contribution in [1.29, 1.82) is 0 Å². The Morgan fingerprint density at radius 3 is 2.74 bits per heavy atom. The summed E-state index contributed by atoms with van der Waals surface area (Å²) < 4.78 is 18.7. The molecule has 0 unspecified atom stereocenters. The minimum Gasteiger partial charge on any atom is -0.493 e. The zero-order valence-corrected chi connectivity index (χ0v) is 11.2. The third-order valence-corrected chi connectivity index (χ3v) is 2.83. The number of ether oxygens (including phenoxy) is 1. The highest BCUT2D eigenvalue weighted by atomic mass is 19.1. The van der Waals surface area contributed by atoms with E-state index in [2.05, 4.69) is 12.1 Å². The maximum Gasteiger partial charge on any atom is 0.173 e. The molecule has 1 rings (SSSR count). The first-order chi connectivity index (χ1) is 9.19. The van der Waals surface area contributed by atoms with Crippen LogP contribution in [0.1, 0.15) is 44.6 Å².